The second-order valence-electron chi connectivity index (χ2n) is 29.4. The molecule has 1 aliphatic carbocycles. The van der Waals surface area contributed by atoms with Crippen LogP contribution in [0.2, 0.25) is 0 Å². The Balaban J connectivity index is 1.74. The van der Waals surface area contributed by atoms with Crippen molar-refractivity contribution in [3.8, 4) is 0 Å². The molecule has 20 atom stereocenters. The number of phosphoric ester groups is 1. The fourth-order valence-electron chi connectivity index (χ4n) is 13.5. The largest absolute Gasteiger partial charge is 0.472 e. The SMILES string of the molecule is CCCCCCCCCCCCC/C=C/C=C/C(=O)OC(COC(=O)CCCCCCCCC(C)CCCCCCCC)COP(=O)(O)OC1C(OC2OC(CO)C(O)C(O)C2O)C(O)C(O)C(O)C1OC1OC(COC(=O)CCCCCCCCC(C)CCCCCCCC)C(O)C(O)C1O. The summed E-state index contributed by atoms with van der Waals surface area (Å²) in [5.41, 5.74) is 0. The molecule has 2 aliphatic heterocycles. The molecular weight excluding hydrogens is 1340 g/mol. The second kappa shape index (κ2) is 56.7. The van der Waals surface area contributed by atoms with Crippen molar-refractivity contribution in [1.29, 1.82) is 0 Å². The lowest BCUT2D eigenvalue weighted by Crippen LogP contribution is -2.69. The third-order valence-electron chi connectivity index (χ3n) is 20.1. The molecule has 3 aliphatic rings. The number of carbonyl (C=O) groups excluding carboxylic acids is 3. The fraction of sp³-hybridized carbons (Fsp3) is 0.909. The van der Waals surface area contributed by atoms with E-state index in [1.165, 1.54) is 160 Å². The summed E-state index contributed by atoms with van der Waals surface area (Å²) in [5.74, 6) is -0.855. The van der Waals surface area contributed by atoms with Gasteiger partial charge in [-0.3, -0.25) is 18.6 Å². The number of hydrogen-bond acceptors (Lipinski definition) is 23. The summed E-state index contributed by atoms with van der Waals surface area (Å²) in [6, 6.07) is 0. The monoisotopic (exact) mass is 1480 g/mol. The van der Waals surface area contributed by atoms with Crippen LogP contribution in [0.1, 0.15) is 304 Å². The van der Waals surface area contributed by atoms with Gasteiger partial charge in [-0.15, -0.1) is 0 Å². The molecule has 2 saturated heterocycles. The van der Waals surface area contributed by atoms with Crippen LogP contribution in [0.5, 0.6) is 0 Å². The van der Waals surface area contributed by atoms with E-state index in [4.69, 9.17) is 42.2 Å². The first kappa shape index (κ1) is 93.6. The summed E-state index contributed by atoms with van der Waals surface area (Å²) in [6.07, 6.45) is 15.9. The van der Waals surface area contributed by atoms with Crippen LogP contribution in [0, 0.1) is 11.8 Å². The summed E-state index contributed by atoms with van der Waals surface area (Å²) in [4.78, 5) is 51.1. The van der Waals surface area contributed by atoms with Crippen molar-refractivity contribution in [3.05, 3.63) is 24.3 Å². The molecule has 20 unspecified atom stereocenters. The van der Waals surface area contributed by atoms with Gasteiger partial charge in [0.25, 0.3) is 0 Å². The van der Waals surface area contributed by atoms with Gasteiger partial charge in [-0.1, -0.05) is 284 Å². The van der Waals surface area contributed by atoms with Crippen molar-refractivity contribution in [2.75, 3.05) is 26.4 Å². The number of aliphatic hydroxyl groups is 10. The van der Waals surface area contributed by atoms with Gasteiger partial charge in [-0.05, 0) is 37.5 Å². The third-order valence-corrected chi connectivity index (χ3v) is 21.1. The lowest BCUT2D eigenvalue weighted by Gasteiger charge is -2.49. The van der Waals surface area contributed by atoms with Gasteiger partial charge >= 0.3 is 25.7 Å². The number of hydrogen-bond donors (Lipinski definition) is 11. The van der Waals surface area contributed by atoms with Gasteiger partial charge in [0.2, 0.25) is 0 Å². The van der Waals surface area contributed by atoms with Crippen molar-refractivity contribution < 1.29 is 117 Å². The Morgan fingerprint density at radius 2 is 0.804 bits per heavy atom. The summed E-state index contributed by atoms with van der Waals surface area (Å²) in [6.45, 7) is 8.00. The number of aliphatic hydroxyl groups excluding tert-OH is 10. The van der Waals surface area contributed by atoms with E-state index in [2.05, 4.69) is 34.6 Å². The van der Waals surface area contributed by atoms with E-state index in [9.17, 15) is 74.9 Å². The van der Waals surface area contributed by atoms with E-state index in [1.54, 1.807) is 6.08 Å². The number of esters is 3. The Morgan fingerprint density at radius 1 is 0.431 bits per heavy atom. The first-order valence-corrected chi connectivity index (χ1v) is 41.4. The van der Waals surface area contributed by atoms with Gasteiger partial charge in [0.05, 0.1) is 13.2 Å². The molecule has 0 spiro atoms. The molecule has 0 aromatic rings. The summed E-state index contributed by atoms with van der Waals surface area (Å²) in [7, 11) is -5.73. The zero-order chi connectivity index (χ0) is 74.9. The van der Waals surface area contributed by atoms with E-state index >= 15 is 0 Å². The van der Waals surface area contributed by atoms with Crippen LogP contribution in [0.3, 0.4) is 0 Å². The van der Waals surface area contributed by atoms with Crippen LogP contribution >= 0.6 is 7.82 Å². The van der Waals surface area contributed by atoms with Crippen LogP contribution < -0.4 is 0 Å². The molecule has 25 heteroatoms. The molecule has 598 valence electrons. The van der Waals surface area contributed by atoms with Crippen molar-refractivity contribution in [1.82, 2.24) is 0 Å². The minimum atomic E-state index is -5.73. The van der Waals surface area contributed by atoms with Gasteiger partial charge in [-0.25, -0.2) is 9.36 Å². The number of ether oxygens (including phenoxy) is 7. The van der Waals surface area contributed by atoms with Gasteiger partial charge < -0.3 is 89.1 Å². The number of allylic oxidation sites excluding steroid dienone is 3. The zero-order valence-corrected chi connectivity index (χ0v) is 63.9. The van der Waals surface area contributed by atoms with E-state index in [0.29, 0.717) is 24.7 Å². The predicted octanol–water partition coefficient (Wildman–Crippen LogP) is 11.8. The van der Waals surface area contributed by atoms with Crippen LogP contribution in [0.4, 0.5) is 0 Å². The topological polar surface area (TPSA) is 374 Å². The van der Waals surface area contributed by atoms with Crippen molar-refractivity contribution in [2.24, 2.45) is 11.8 Å². The molecule has 0 aromatic heterocycles. The molecule has 1 saturated carbocycles. The number of phosphoric acid groups is 1. The molecule has 3 fully saturated rings. The Hall–Kier alpha value is -2.56. The highest BCUT2D eigenvalue weighted by Crippen LogP contribution is 2.49. The molecule has 3 rings (SSSR count). The standard InChI is InChI=1S/C77H141O24P/c1-6-9-12-15-18-19-20-21-22-23-24-25-26-37-44-51-63(81)96-58(53-93-61(79)49-42-35-29-27-33-40-47-56(4)45-38-31-16-13-10-7-2)54-95-102(91,92)101-75-73(99-76-71(89)66(84)64(82)59(52-78)97-76)69(87)68(86)70(88)74(75)100-77-72(90)67(85)65(83)60(98-77)55-94-62(80)50-43-36-30-28-34-41-48-57(5)46-39-32-17-14-11-8-3/h26,37,44,51,56-60,64-78,82-90H,6-25,27-36,38-43,45-50,52-55H2,1-5H3,(H,91,92)/b37-26+,51-44+. The van der Waals surface area contributed by atoms with Crippen LogP contribution in [0.15, 0.2) is 24.3 Å². The molecule has 0 bridgehead atoms. The lowest BCUT2D eigenvalue weighted by atomic mass is 9.84. The minimum Gasteiger partial charge on any atom is -0.463 e. The molecule has 2 heterocycles. The quantitative estimate of drug-likeness (QED) is 0.00673. The van der Waals surface area contributed by atoms with E-state index in [1.807, 2.05) is 6.08 Å². The second-order valence-corrected chi connectivity index (χ2v) is 30.8. The summed E-state index contributed by atoms with van der Waals surface area (Å²) in [5, 5.41) is 110. The number of unbranched alkanes of at least 4 members (excludes halogenated alkanes) is 31. The van der Waals surface area contributed by atoms with Crippen LogP contribution in [-0.2, 0) is 61.2 Å². The predicted molar refractivity (Wildman–Crippen MR) is 388 cm³/mol. The average Bonchev–Trinajstić information content (AvgIpc) is 0.762. The highest BCUT2D eigenvalue weighted by molar-refractivity contribution is 7.47. The molecule has 0 radical (unpaired) electrons. The van der Waals surface area contributed by atoms with Crippen molar-refractivity contribution in [2.45, 2.75) is 408 Å². The van der Waals surface area contributed by atoms with Gasteiger partial charge in [0.1, 0.15) is 98.7 Å². The molecule has 0 aromatic carbocycles. The van der Waals surface area contributed by atoms with Crippen molar-refractivity contribution >= 4 is 25.7 Å². The Bertz CT molecular complexity index is 2230. The minimum absolute atomic E-state index is 0.0253. The fourth-order valence-corrected chi connectivity index (χ4v) is 14.4. The smallest absolute Gasteiger partial charge is 0.463 e. The molecule has 102 heavy (non-hydrogen) atoms. The summed E-state index contributed by atoms with van der Waals surface area (Å²) >= 11 is 0. The number of carbonyl (C=O) groups is 3. The average molecular weight is 1480 g/mol. The molecule has 24 nitrogen and oxygen atoms in total. The maximum Gasteiger partial charge on any atom is 0.472 e. The van der Waals surface area contributed by atoms with Crippen molar-refractivity contribution in [3.63, 3.8) is 0 Å². The number of rotatable bonds is 61. The highest BCUT2D eigenvalue weighted by atomic mass is 31.2. The Kier molecular flexibility index (Phi) is 52.0. The maximum atomic E-state index is 14.4. The van der Waals surface area contributed by atoms with Crippen LogP contribution in [-0.4, -0.2) is 204 Å². The van der Waals surface area contributed by atoms with Gasteiger partial charge in [-0.2, -0.15) is 0 Å². The first-order valence-electron chi connectivity index (χ1n) is 39.9. The van der Waals surface area contributed by atoms with Gasteiger partial charge in [0, 0.05) is 18.9 Å². The molecule has 0 amide bonds. The maximum absolute atomic E-state index is 14.4. The summed E-state index contributed by atoms with van der Waals surface area (Å²) < 4.78 is 65.0. The molecular formula is C77H141O24P. The first-order chi connectivity index (χ1) is 49.1. The lowest BCUT2D eigenvalue weighted by molar-refractivity contribution is -0.360. The Morgan fingerprint density at radius 3 is 1.24 bits per heavy atom. The van der Waals surface area contributed by atoms with E-state index in [0.717, 1.165) is 96.0 Å². The zero-order valence-electron chi connectivity index (χ0n) is 63.0. The van der Waals surface area contributed by atoms with E-state index in [-0.39, 0.29) is 12.8 Å². The molecule has 11 N–H and O–H groups in total. The van der Waals surface area contributed by atoms with E-state index < -0.39 is 156 Å². The Labute approximate surface area is 611 Å². The van der Waals surface area contributed by atoms with Crippen LogP contribution in [0.25, 0.3) is 0 Å². The third kappa shape index (κ3) is 39.5. The highest BCUT2D eigenvalue weighted by Gasteiger charge is 2.58. The normalized spacial score (nSPS) is 27.8. The van der Waals surface area contributed by atoms with Gasteiger partial charge in [0.15, 0.2) is 18.7 Å².